The number of pyridine rings is 1. The van der Waals surface area contributed by atoms with E-state index in [0.29, 0.717) is 18.3 Å². The topological polar surface area (TPSA) is 80.2 Å². The summed E-state index contributed by atoms with van der Waals surface area (Å²) in [6.07, 6.45) is 2.81. The standard InChI is InChI=1S/C24H35N5O3.HI/c1-17-7-6-8-23(27-17)29-13-10-18(11-14-29)28-24(25-2)26-12-9-20-21(31-4)15-19(30-3)16-22(20)32-5;/h6-8,15-16,18H,9-14H2,1-5H3,(H2,25,26,28);1H. The molecule has 0 bridgehead atoms. The van der Waals surface area contributed by atoms with Crippen LogP contribution in [0.2, 0.25) is 0 Å². The van der Waals surface area contributed by atoms with Gasteiger partial charge in [-0.2, -0.15) is 0 Å². The SMILES string of the molecule is CN=C(NCCc1c(OC)cc(OC)cc1OC)NC1CCN(c2cccc(C)n2)CC1.I. The molecule has 1 aromatic heterocycles. The molecule has 9 heteroatoms. The highest BCUT2D eigenvalue weighted by Gasteiger charge is 2.21. The third-order valence-corrected chi connectivity index (χ3v) is 5.74. The molecular weight excluding hydrogens is 533 g/mol. The molecule has 0 saturated carbocycles. The van der Waals surface area contributed by atoms with Gasteiger partial charge in [0.2, 0.25) is 0 Å². The van der Waals surface area contributed by atoms with Crippen molar-refractivity contribution in [3.05, 3.63) is 41.6 Å². The quantitative estimate of drug-likeness (QED) is 0.287. The number of aromatic nitrogens is 1. The summed E-state index contributed by atoms with van der Waals surface area (Å²) in [6.45, 7) is 4.69. The minimum absolute atomic E-state index is 0. The Morgan fingerprint density at radius 3 is 2.30 bits per heavy atom. The molecule has 1 aliphatic rings. The van der Waals surface area contributed by atoms with Crippen LogP contribution in [-0.4, -0.2) is 65.0 Å². The van der Waals surface area contributed by atoms with E-state index in [-0.39, 0.29) is 24.0 Å². The van der Waals surface area contributed by atoms with E-state index in [0.717, 1.165) is 66.9 Å². The summed E-state index contributed by atoms with van der Waals surface area (Å²) >= 11 is 0. The molecular formula is C24H36IN5O3. The number of nitrogens with zero attached hydrogens (tertiary/aromatic N) is 3. The molecule has 0 aliphatic carbocycles. The summed E-state index contributed by atoms with van der Waals surface area (Å²) in [5.41, 5.74) is 2.05. The number of nitrogens with one attached hydrogen (secondary N) is 2. The first kappa shape index (κ1) is 26.8. The fourth-order valence-corrected chi connectivity index (χ4v) is 3.98. The van der Waals surface area contributed by atoms with Crippen LogP contribution in [0.4, 0.5) is 5.82 Å². The molecule has 1 aliphatic heterocycles. The number of aryl methyl sites for hydroxylation is 1. The summed E-state index contributed by atoms with van der Waals surface area (Å²) in [5, 5.41) is 6.98. The summed E-state index contributed by atoms with van der Waals surface area (Å²) in [5.74, 6) is 4.09. The van der Waals surface area contributed by atoms with Gasteiger partial charge in [0.25, 0.3) is 0 Å². The summed E-state index contributed by atoms with van der Waals surface area (Å²) in [6, 6.07) is 10.3. The van der Waals surface area contributed by atoms with Crippen LogP contribution in [0, 0.1) is 6.92 Å². The molecule has 0 atom stereocenters. The van der Waals surface area contributed by atoms with E-state index in [2.05, 4.69) is 37.6 Å². The molecule has 0 unspecified atom stereocenters. The zero-order chi connectivity index (χ0) is 22.9. The first-order valence-electron chi connectivity index (χ1n) is 11.0. The molecule has 182 valence electrons. The van der Waals surface area contributed by atoms with Gasteiger partial charge < -0.3 is 29.7 Å². The number of methoxy groups -OCH3 is 3. The Morgan fingerprint density at radius 2 is 1.76 bits per heavy atom. The lowest BCUT2D eigenvalue weighted by molar-refractivity contribution is 0.368. The number of guanidine groups is 1. The van der Waals surface area contributed by atoms with Gasteiger partial charge >= 0.3 is 0 Å². The van der Waals surface area contributed by atoms with Crippen LogP contribution in [0.5, 0.6) is 17.2 Å². The molecule has 0 amide bonds. The van der Waals surface area contributed by atoms with Crippen LogP contribution in [0.3, 0.4) is 0 Å². The maximum Gasteiger partial charge on any atom is 0.191 e. The van der Waals surface area contributed by atoms with Crippen molar-refractivity contribution < 1.29 is 14.2 Å². The van der Waals surface area contributed by atoms with Crippen LogP contribution in [0.1, 0.15) is 24.1 Å². The van der Waals surface area contributed by atoms with Gasteiger partial charge in [-0.1, -0.05) is 6.07 Å². The molecule has 1 aromatic carbocycles. The fraction of sp³-hybridized carbons (Fsp3) is 0.500. The number of aliphatic imine (C=N–C) groups is 1. The van der Waals surface area contributed by atoms with Crippen molar-refractivity contribution in [3.8, 4) is 17.2 Å². The van der Waals surface area contributed by atoms with Gasteiger partial charge in [0, 0.05) is 56.1 Å². The van der Waals surface area contributed by atoms with Crippen molar-refractivity contribution in [2.45, 2.75) is 32.2 Å². The van der Waals surface area contributed by atoms with Crippen LogP contribution < -0.4 is 29.7 Å². The summed E-state index contributed by atoms with van der Waals surface area (Å²) in [7, 11) is 6.75. The monoisotopic (exact) mass is 569 g/mol. The van der Waals surface area contributed by atoms with Gasteiger partial charge in [-0.25, -0.2) is 4.98 Å². The Labute approximate surface area is 214 Å². The molecule has 2 aromatic rings. The van der Waals surface area contributed by atoms with E-state index >= 15 is 0 Å². The second kappa shape index (κ2) is 13.3. The van der Waals surface area contributed by atoms with Crippen LogP contribution in [-0.2, 0) is 6.42 Å². The number of halogens is 1. The second-order valence-corrected chi connectivity index (χ2v) is 7.80. The van der Waals surface area contributed by atoms with Crippen molar-refractivity contribution >= 4 is 35.8 Å². The van der Waals surface area contributed by atoms with Gasteiger partial charge in [-0.3, -0.25) is 4.99 Å². The van der Waals surface area contributed by atoms with Crippen molar-refractivity contribution in [2.24, 2.45) is 4.99 Å². The van der Waals surface area contributed by atoms with Crippen molar-refractivity contribution in [2.75, 3.05) is 52.9 Å². The zero-order valence-electron chi connectivity index (χ0n) is 20.2. The lowest BCUT2D eigenvalue weighted by Crippen LogP contribution is -2.49. The van der Waals surface area contributed by atoms with Gasteiger partial charge in [-0.15, -0.1) is 24.0 Å². The third-order valence-electron chi connectivity index (χ3n) is 5.74. The van der Waals surface area contributed by atoms with Gasteiger partial charge in [0.15, 0.2) is 5.96 Å². The highest BCUT2D eigenvalue weighted by molar-refractivity contribution is 14.0. The van der Waals surface area contributed by atoms with Gasteiger partial charge in [0.05, 0.1) is 21.3 Å². The molecule has 2 heterocycles. The van der Waals surface area contributed by atoms with E-state index in [4.69, 9.17) is 14.2 Å². The predicted octanol–water partition coefficient (Wildman–Crippen LogP) is 3.41. The van der Waals surface area contributed by atoms with E-state index in [1.165, 1.54) is 0 Å². The molecule has 1 saturated heterocycles. The molecule has 1 fully saturated rings. The van der Waals surface area contributed by atoms with E-state index in [1.807, 2.05) is 25.1 Å². The maximum absolute atomic E-state index is 5.55. The van der Waals surface area contributed by atoms with Crippen LogP contribution in [0.25, 0.3) is 0 Å². The van der Waals surface area contributed by atoms with Crippen LogP contribution >= 0.6 is 24.0 Å². The van der Waals surface area contributed by atoms with Crippen molar-refractivity contribution in [3.63, 3.8) is 0 Å². The first-order valence-corrected chi connectivity index (χ1v) is 11.0. The molecule has 2 N–H and O–H groups in total. The number of hydrogen-bond donors (Lipinski definition) is 2. The third kappa shape index (κ3) is 7.28. The number of hydrogen-bond acceptors (Lipinski definition) is 6. The zero-order valence-corrected chi connectivity index (χ0v) is 22.5. The maximum atomic E-state index is 5.55. The fourth-order valence-electron chi connectivity index (χ4n) is 3.98. The number of benzene rings is 1. The number of anilines is 1. The summed E-state index contributed by atoms with van der Waals surface area (Å²) < 4.78 is 16.4. The highest BCUT2D eigenvalue weighted by atomic mass is 127. The molecule has 3 rings (SSSR count). The van der Waals surface area contributed by atoms with Crippen LogP contribution in [0.15, 0.2) is 35.3 Å². The number of rotatable bonds is 8. The van der Waals surface area contributed by atoms with E-state index < -0.39 is 0 Å². The first-order chi connectivity index (χ1) is 15.6. The van der Waals surface area contributed by atoms with E-state index in [1.54, 1.807) is 28.4 Å². The predicted molar refractivity (Wildman–Crippen MR) is 144 cm³/mol. The van der Waals surface area contributed by atoms with Gasteiger partial charge in [-0.05, 0) is 38.3 Å². The van der Waals surface area contributed by atoms with Gasteiger partial charge in [0.1, 0.15) is 23.1 Å². The molecule has 0 radical (unpaired) electrons. The number of ether oxygens (including phenoxy) is 3. The largest absolute Gasteiger partial charge is 0.496 e. The smallest absolute Gasteiger partial charge is 0.191 e. The Kier molecular flexibility index (Phi) is 10.8. The highest BCUT2D eigenvalue weighted by Crippen LogP contribution is 2.34. The Hall–Kier alpha value is -2.43. The normalized spacial score (nSPS) is 14.3. The Balaban J connectivity index is 0.00000385. The van der Waals surface area contributed by atoms with Crippen molar-refractivity contribution in [1.82, 2.24) is 15.6 Å². The molecule has 0 spiro atoms. The van der Waals surface area contributed by atoms with Crippen molar-refractivity contribution in [1.29, 1.82) is 0 Å². The number of piperidine rings is 1. The molecule has 8 nitrogen and oxygen atoms in total. The average Bonchev–Trinajstić information content (AvgIpc) is 2.83. The van der Waals surface area contributed by atoms with E-state index in [9.17, 15) is 0 Å². The minimum Gasteiger partial charge on any atom is -0.496 e. The Morgan fingerprint density at radius 1 is 1.09 bits per heavy atom. The summed E-state index contributed by atoms with van der Waals surface area (Å²) in [4.78, 5) is 11.4. The lowest BCUT2D eigenvalue weighted by Gasteiger charge is -2.34. The average molecular weight is 569 g/mol. The molecule has 33 heavy (non-hydrogen) atoms. The second-order valence-electron chi connectivity index (χ2n) is 7.80. The Bertz CT molecular complexity index is 892. The minimum atomic E-state index is 0. The lowest BCUT2D eigenvalue weighted by atomic mass is 10.1.